The van der Waals surface area contributed by atoms with E-state index >= 15 is 0 Å². The second kappa shape index (κ2) is 32.3. The van der Waals surface area contributed by atoms with Gasteiger partial charge in [0.25, 0.3) is 0 Å². The van der Waals surface area contributed by atoms with Gasteiger partial charge in [0.1, 0.15) is 29.1 Å². The lowest BCUT2D eigenvalue weighted by Gasteiger charge is -2.41. The van der Waals surface area contributed by atoms with Gasteiger partial charge in [-0.25, -0.2) is 9.59 Å². The molecule has 0 aliphatic carbocycles. The zero-order chi connectivity index (χ0) is 64.4. The predicted octanol–water partition coefficient (Wildman–Crippen LogP) is 2.80. The summed E-state index contributed by atoms with van der Waals surface area (Å²) in [5, 5.41) is 27.7. The van der Waals surface area contributed by atoms with Gasteiger partial charge in [-0.2, -0.15) is 0 Å². The zero-order valence-corrected chi connectivity index (χ0v) is 51.8. The number of ether oxygens (including phenoxy) is 8. The maximum Gasteiger partial charge on any atom is 0.409 e. The molecule has 4 heterocycles. The normalized spacial score (nSPS) is 23.5. The molecule has 6 amide bonds. The van der Waals surface area contributed by atoms with E-state index in [9.17, 15) is 43.8 Å². The number of hydrogen-bond acceptors (Lipinski definition) is 19. The maximum absolute atomic E-state index is 14.3. The summed E-state index contributed by atoms with van der Waals surface area (Å²) in [5.41, 5.74) is 14.0. The molecule has 0 radical (unpaired) electrons. The van der Waals surface area contributed by atoms with Gasteiger partial charge in [-0.1, -0.05) is 84.5 Å². The molecule has 25 nitrogen and oxygen atoms in total. The van der Waals surface area contributed by atoms with E-state index < -0.39 is 78.2 Å². The predicted molar refractivity (Wildman–Crippen MR) is 326 cm³/mol. The molecule has 89 heavy (non-hydrogen) atoms. The van der Waals surface area contributed by atoms with Crippen molar-refractivity contribution in [2.75, 3.05) is 104 Å². The van der Waals surface area contributed by atoms with Gasteiger partial charge in [0.15, 0.2) is 23.7 Å². The van der Waals surface area contributed by atoms with Crippen LogP contribution in [0.2, 0.25) is 5.02 Å². The number of halogens is 1. The van der Waals surface area contributed by atoms with Crippen molar-refractivity contribution < 1.29 is 81.7 Å². The molecule has 8 atom stereocenters. The van der Waals surface area contributed by atoms with Crippen LogP contribution >= 0.6 is 11.6 Å². The minimum atomic E-state index is -2.17. The Morgan fingerprint density at radius 1 is 0.899 bits per heavy atom. The first-order valence-electron chi connectivity index (χ1n) is 29.4. The van der Waals surface area contributed by atoms with Gasteiger partial charge in [0, 0.05) is 70.4 Å². The number of alkyl carbamates (subject to hydrolysis) is 1. The summed E-state index contributed by atoms with van der Waals surface area (Å²) in [6, 6.07) is 18.5. The summed E-state index contributed by atoms with van der Waals surface area (Å²) in [5.74, 6) is 2.66. The van der Waals surface area contributed by atoms with Gasteiger partial charge in [-0.15, -0.1) is 0 Å². The molecule has 0 aromatic heterocycles. The standard InChI is InChI=1S/C63H81ClN8O17/c1-40-13-11-18-50(73)62(81)37-49(87-61(80)68-62)41(2)58-63(66,89-58)51(36-55(77)70(4)47-34-42(33-40)35-48(82-6)57(47)64)88-60(79)59(65)71(5)54(76)20-12-19-53(75)69(3)24-26-84-28-30-86-32-31-85-29-27-83-25-23-52(74)67-38-56(78)72-39-45-16-8-7-14-43(45)21-22-44-15-9-10-17-46(44)72/h7-11,13-18,34-35,41,49-51,58-59,73,81H,12,19-20,23-33,36-39,65-66H2,1-6H3,(H,67,74)(H,68,80)/b18-11+,40-13+/t41-,49+,50-,51+,58+,59-,62+,63+/m1/s1. The van der Waals surface area contributed by atoms with Gasteiger partial charge in [0.05, 0.1) is 90.8 Å². The first kappa shape index (κ1) is 69.0. The molecule has 2 fully saturated rings. The molecule has 7 rings (SSSR count). The summed E-state index contributed by atoms with van der Waals surface area (Å²) >= 11 is 6.76. The number of carbonyl (C=O) groups excluding carboxylic acids is 7. The van der Waals surface area contributed by atoms with Gasteiger partial charge in [-0.3, -0.25) is 35.0 Å². The van der Waals surface area contributed by atoms with Crippen molar-refractivity contribution in [1.29, 1.82) is 0 Å². The van der Waals surface area contributed by atoms with Gasteiger partial charge < -0.3 is 78.8 Å². The number of rotatable bonds is 25. The largest absolute Gasteiger partial charge is 0.495 e. The number of esters is 1. The van der Waals surface area contributed by atoms with Crippen molar-refractivity contribution in [3.63, 3.8) is 0 Å². The molecule has 482 valence electrons. The minimum Gasteiger partial charge on any atom is -0.495 e. The number of anilines is 2. The Bertz CT molecular complexity index is 3160. The number of amides is 6. The van der Waals surface area contributed by atoms with Crippen LogP contribution in [0.3, 0.4) is 0 Å². The third kappa shape index (κ3) is 18.8. The highest BCUT2D eigenvalue weighted by molar-refractivity contribution is 6.35. The third-order valence-corrected chi connectivity index (χ3v) is 16.1. The van der Waals surface area contributed by atoms with Crippen LogP contribution < -0.4 is 36.6 Å². The summed E-state index contributed by atoms with van der Waals surface area (Å²) < 4.78 is 45.2. The minimum absolute atomic E-state index is 0.00270. The Morgan fingerprint density at radius 2 is 1.54 bits per heavy atom. The summed E-state index contributed by atoms with van der Waals surface area (Å²) in [6.45, 7) is 5.97. The van der Waals surface area contributed by atoms with E-state index in [1.165, 1.54) is 43.2 Å². The number of nitrogens with one attached hydrogen (secondary N) is 2. The zero-order valence-electron chi connectivity index (χ0n) is 51.0. The number of methoxy groups -OCH3 is 1. The number of para-hydroxylation sites is 1. The maximum atomic E-state index is 14.3. The summed E-state index contributed by atoms with van der Waals surface area (Å²) in [4.78, 5) is 98.5. The smallest absolute Gasteiger partial charge is 0.409 e. The van der Waals surface area contributed by atoms with E-state index in [1.807, 2.05) is 55.5 Å². The molecule has 4 bridgehead atoms. The molecule has 0 saturated carbocycles. The van der Waals surface area contributed by atoms with Crippen molar-refractivity contribution in [2.45, 2.75) is 107 Å². The molecular formula is C63H81ClN8O17. The lowest BCUT2D eigenvalue weighted by atomic mass is 9.86. The molecule has 0 unspecified atom stereocenters. The number of likely N-dealkylation sites (N-methyl/N-ethyl adjacent to an activating group) is 2. The number of allylic oxidation sites excluding steroid dienone is 3. The summed E-state index contributed by atoms with van der Waals surface area (Å²) in [7, 11) is 5.79. The van der Waals surface area contributed by atoms with E-state index in [4.69, 9.17) is 61.0 Å². The Hall–Kier alpha value is -7.48. The first-order chi connectivity index (χ1) is 42.5. The summed E-state index contributed by atoms with van der Waals surface area (Å²) in [6.07, 6.45) is -3.91. The van der Waals surface area contributed by atoms with Crippen molar-refractivity contribution in [2.24, 2.45) is 17.4 Å². The Balaban J connectivity index is 0.775. The highest BCUT2D eigenvalue weighted by Gasteiger charge is 2.65. The van der Waals surface area contributed by atoms with Crippen LogP contribution in [-0.4, -0.2) is 198 Å². The van der Waals surface area contributed by atoms with Crippen LogP contribution in [0.1, 0.15) is 74.6 Å². The number of carbonyl (C=O) groups is 7. The first-order valence-corrected chi connectivity index (χ1v) is 29.8. The number of nitrogens with zero attached hydrogens (tertiary/aromatic N) is 4. The van der Waals surface area contributed by atoms with Gasteiger partial charge >= 0.3 is 12.1 Å². The number of aliphatic hydroxyl groups is 2. The molecular weight excluding hydrogens is 1180 g/mol. The second-order valence-corrected chi connectivity index (χ2v) is 22.6. The molecule has 2 saturated heterocycles. The lowest BCUT2D eigenvalue weighted by molar-refractivity contribution is -0.163. The van der Waals surface area contributed by atoms with E-state index in [0.29, 0.717) is 37.4 Å². The molecule has 26 heteroatoms. The van der Waals surface area contributed by atoms with E-state index in [0.717, 1.165) is 27.2 Å². The van der Waals surface area contributed by atoms with E-state index in [-0.39, 0.29) is 119 Å². The number of fused-ring (bicyclic) bond motifs is 7. The monoisotopic (exact) mass is 1260 g/mol. The van der Waals surface area contributed by atoms with Gasteiger partial charge in [-0.05, 0) is 61.2 Å². The second-order valence-electron chi connectivity index (χ2n) is 22.2. The Kier molecular flexibility index (Phi) is 25.1. The molecule has 0 spiro atoms. The molecule has 4 aliphatic heterocycles. The Morgan fingerprint density at radius 3 is 2.25 bits per heavy atom. The number of benzene rings is 3. The molecule has 3 aromatic rings. The van der Waals surface area contributed by atoms with Crippen LogP contribution in [0.4, 0.5) is 16.2 Å². The quantitative estimate of drug-likeness (QED) is 0.0234. The fraction of sp³-hybridized carbons (Fsp3) is 0.508. The average molecular weight is 1260 g/mol. The van der Waals surface area contributed by atoms with Crippen molar-refractivity contribution >= 4 is 64.6 Å². The van der Waals surface area contributed by atoms with Crippen molar-refractivity contribution in [3.05, 3.63) is 112 Å². The van der Waals surface area contributed by atoms with Crippen LogP contribution in [0.25, 0.3) is 0 Å². The van der Waals surface area contributed by atoms with Crippen LogP contribution in [0, 0.1) is 17.8 Å². The Labute approximate surface area is 522 Å². The fourth-order valence-corrected chi connectivity index (χ4v) is 10.5. The number of hydrogen-bond donors (Lipinski definition) is 6. The third-order valence-electron chi connectivity index (χ3n) is 15.7. The van der Waals surface area contributed by atoms with E-state index in [1.54, 1.807) is 37.1 Å². The number of aliphatic hydroxyl groups excluding tert-OH is 1. The molecule has 3 aromatic carbocycles. The molecule has 8 N–H and O–H groups in total. The highest BCUT2D eigenvalue weighted by Crippen LogP contribution is 2.46. The lowest BCUT2D eigenvalue weighted by Crippen LogP contribution is -2.63. The fourth-order valence-electron chi connectivity index (χ4n) is 10.2. The van der Waals surface area contributed by atoms with Crippen LogP contribution in [0.5, 0.6) is 5.75 Å². The average Bonchev–Trinajstić information content (AvgIpc) is 1.59. The van der Waals surface area contributed by atoms with Crippen LogP contribution in [-0.2, 0) is 74.9 Å². The highest BCUT2D eigenvalue weighted by atomic mass is 35.5. The van der Waals surface area contributed by atoms with Crippen LogP contribution in [0.15, 0.2) is 84.5 Å². The van der Waals surface area contributed by atoms with Crippen molar-refractivity contribution in [3.8, 4) is 17.6 Å². The SMILES string of the molecule is COc1cc2cc(c1Cl)N(C)C(=O)C[C@H](OC(=O)[C@H](N)N(C)C(=O)CCCC(=O)N(C)CCOCCOCCOCCOCCC(=O)NCC(=O)N1Cc3ccccc3C#Cc3ccccc31)[C@]1(N)O[C@H]1[C@H](C)[C@@H]1C[C@@](O)(NC(=O)O1)[C@H](O)/C=C/C=C(\C)C2. The van der Waals surface area contributed by atoms with E-state index in [2.05, 4.69) is 22.5 Å². The van der Waals surface area contributed by atoms with Crippen molar-refractivity contribution in [1.82, 2.24) is 20.4 Å². The molecule has 4 aliphatic rings. The number of epoxide rings is 1. The number of nitrogens with two attached hydrogens (primary N) is 2. The topological polar surface area (TPSA) is 326 Å². The van der Waals surface area contributed by atoms with Gasteiger partial charge in [0.2, 0.25) is 29.5 Å².